The normalized spacial score (nSPS) is 48.3. The van der Waals surface area contributed by atoms with Gasteiger partial charge >= 0.3 is 14.2 Å². The highest BCUT2D eigenvalue weighted by atomic mass is 31.1. The molecule has 1 unspecified atom stereocenters. The summed E-state index contributed by atoms with van der Waals surface area (Å²) in [5.74, 6) is -2.03. The number of aliphatic hydroxyl groups excluding tert-OH is 1. The lowest BCUT2D eigenvalue weighted by Gasteiger charge is -2.70. The highest BCUT2D eigenvalue weighted by Crippen LogP contribution is 2.68. The number of rotatable bonds is 4. The van der Waals surface area contributed by atoms with Crippen molar-refractivity contribution >= 4 is 20.0 Å². The summed E-state index contributed by atoms with van der Waals surface area (Å²) in [7, 11) is -3.06. The average Bonchev–Trinajstić information content (AvgIpc) is 2.65. The molecule has 10 heteroatoms. The van der Waals surface area contributed by atoms with Crippen LogP contribution in [0.2, 0.25) is 0 Å². The molecule has 1 saturated heterocycles. The number of fused-ring (bicyclic) bond motifs is 3. The maximum absolute atomic E-state index is 13.7. The Morgan fingerprint density at radius 2 is 1.88 bits per heavy atom. The van der Waals surface area contributed by atoms with Gasteiger partial charge in [0.05, 0.1) is 5.60 Å². The molecule has 0 radical (unpaired) electrons. The molecular formula is C22H34O9P+. The summed E-state index contributed by atoms with van der Waals surface area (Å²) < 4.78 is 29.0. The molecule has 3 fully saturated rings. The molecule has 32 heavy (non-hydrogen) atoms. The van der Waals surface area contributed by atoms with E-state index in [1.54, 1.807) is 13.8 Å². The number of aliphatic hydroxyl groups is 2. The van der Waals surface area contributed by atoms with Gasteiger partial charge in [-0.25, -0.2) is 0 Å². The van der Waals surface area contributed by atoms with Gasteiger partial charge in [0, 0.05) is 29.2 Å². The topological polar surface area (TPSA) is 140 Å². The summed E-state index contributed by atoms with van der Waals surface area (Å²) in [6.45, 7) is 13.3. The zero-order chi connectivity index (χ0) is 24.5. The summed E-state index contributed by atoms with van der Waals surface area (Å²) >= 11 is 0. The smallest absolute Gasteiger partial charge is 0.459 e. The van der Waals surface area contributed by atoms with Crippen LogP contribution in [0.3, 0.4) is 0 Å². The van der Waals surface area contributed by atoms with Gasteiger partial charge in [-0.15, -0.1) is 16.0 Å². The van der Waals surface area contributed by atoms with Gasteiger partial charge < -0.3 is 19.7 Å². The summed E-state index contributed by atoms with van der Waals surface area (Å²) in [4.78, 5) is 35.4. The molecule has 3 aliphatic rings. The van der Waals surface area contributed by atoms with Crippen molar-refractivity contribution in [2.24, 2.45) is 16.7 Å². The quantitative estimate of drug-likeness (QED) is 0.318. The maximum Gasteiger partial charge on any atom is 0.695 e. The van der Waals surface area contributed by atoms with E-state index in [1.807, 2.05) is 13.8 Å². The zero-order valence-electron chi connectivity index (χ0n) is 19.5. The second-order valence-corrected chi connectivity index (χ2v) is 11.4. The fourth-order valence-electron chi connectivity index (χ4n) is 6.85. The first-order valence-corrected chi connectivity index (χ1v) is 11.9. The number of esters is 1. The maximum atomic E-state index is 13.7. The molecule has 3 rings (SSSR count). The molecule has 1 aliphatic heterocycles. The fourth-order valence-corrected chi connectivity index (χ4v) is 7.39. The Morgan fingerprint density at radius 3 is 2.38 bits per heavy atom. The number of hydrogen-bond donors (Lipinski definition) is 3. The van der Waals surface area contributed by atoms with Crippen LogP contribution in [0.4, 0.5) is 0 Å². The molecule has 9 atom stereocenters. The Labute approximate surface area is 189 Å². The molecule has 0 aromatic rings. The van der Waals surface area contributed by atoms with Crippen LogP contribution in [0.15, 0.2) is 12.7 Å². The molecule has 3 N–H and O–H groups in total. The van der Waals surface area contributed by atoms with Crippen LogP contribution in [-0.2, 0) is 28.2 Å². The van der Waals surface area contributed by atoms with Crippen molar-refractivity contribution in [3.8, 4) is 0 Å². The van der Waals surface area contributed by atoms with Crippen LogP contribution in [0.25, 0.3) is 0 Å². The van der Waals surface area contributed by atoms with Crippen molar-refractivity contribution in [2.75, 3.05) is 0 Å². The predicted molar refractivity (Wildman–Crippen MR) is 114 cm³/mol. The Morgan fingerprint density at radius 1 is 1.28 bits per heavy atom. The molecule has 2 aliphatic carbocycles. The molecule has 0 spiro atoms. The number of ketones is 1. The number of hydrogen-bond acceptors (Lipinski definition) is 8. The largest absolute Gasteiger partial charge is 0.695 e. The van der Waals surface area contributed by atoms with Gasteiger partial charge in [0.15, 0.2) is 11.4 Å². The molecule has 9 nitrogen and oxygen atoms in total. The molecule has 1 heterocycles. The zero-order valence-corrected chi connectivity index (χ0v) is 20.3. The standard InChI is InChI=1S/C22H33O9P/c1-8-19(5)11-13(24)22(26)20(6)14(30-32(27)28)9-10-18(3,4)16(20)15(29-12(2)23)17(25)21(22,7)31-19/h8,14-17,25-26H,1,9-11H2,2-7H3/p+1/t14-,15-,16+,17-,19-,20-,21+,22-/m0/s1. The monoisotopic (exact) mass is 473 g/mol. The fraction of sp³-hybridized carbons (Fsp3) is 0.818. The van der Waals surface area contributed by atoms with Gasteiger partial charge in [-0.1, -0.05) is 26.8 Å². The molecule has 0 aromatic heterocycles. The van der Waals surface area contributed by atoms with Crippen molar-refractivity contribution in [1.29, 1.82) is 0 Å². The Balaban J connectivity index is 2.35. The number of carbonyl (C=O) groups excluding carboxylic acids is 2. The van der Waals surface area contributed by atoms with Gasteiger partial charge in [-0.2, -0.15) is 0 Å². The number of ether oxygens (including phenoxy) is 2. The lowest BCUT2D eigenvalue weighted by atomic mass is 9.40. The number of carbonyl (C=O) groups is 2. The van der Waals surface area contributed by atoms with Crippen LogP contribution in [0.5, 0.6) is 0 Å². The highest BCUT2D eigenvalue weighted by molar-refractivity contribution is 7.32. The first-order valence-electron chi connectivity index (χ1n) is 10.8. The molecule has 0 bridgehead atoms. The third-order valence-electron chi connectivity index (χ3n) is 8.22. The van der Waals surface area contributed by atoms with Gasteiger partial charge in [0.25, 0.3) is 0 Å². The van der Waals surface area contributed by atoms with Crippen LogP contribution >= 0.6 is 8.25 Å². The van der Waals surface area contributed by atoms with Crippen molar-refractivity contribution in [1.82, 2.24) is 0 Å². The SMILES string of the molecule is C=C[C@@]1(C)CC(=O)[C@]2(O)[C@@]3(C)[C@@H](O[P+](=O)O)CCC(C)(C)[C@H]3[C@H](OC(C)=O)[C@H](O)[C@@]2(C)O1. The molecular weight excluding hydrogens is 439 g/mol. The highest BCUT2D eigenvalue weighted by Gasteiger charge is 2.82. The van der Waals surface area contributed by atoms with E-state index in [-0.39, 0.29) is 12.8 Å². The van der Waals surface area contributed by atoms with Crippen LogP contribution in [-0.4, -0.2) is 62.0 Å². The summed E-state index contributed by atoms with van der Waals surface area (Å²) in [6.07, 6.45) is -1.80. The van der Waals surface area contributed by atoms with E-state index in [4.69, 9.17) is 14.0 Å². The second kappa shape index (κ2) is 7.65. The van der Waals surface area contributed by atoms with E-state index in [0.717, 1.165) is 0 Å². The van der Waals surface area contributed by atoms with E-state index < -0.39 is 71.9 Å². The first-order chi connectivity index (χ1) is 14.5. The Kier molecular flexibility index (Phi) is 6.07. The van der Waals surface area contributed by atoms with Gasteiger partial charge in [0.1, 0.15) is 23.9 Å². The van der Waals surface area contributed by atoms with E-state index in [1.165, 1.54) is 19.9 Å². The van der Waals surface area contributed by atoms with Crippen molar-refractivity contribution < 1.29 is 43.3 Å². The molecule has 180 valence electrons. The Bertz CT molecular complexity index is 858. The van der Waals surface area contributed by atoms with Crippen molar-refractivity contribution in [2.45, 2.75) is 95.9 Å². The number of Topliss-reactive ketones (excluding diaryl/α,β-unsaturated/α-hetero) is 1. The van der Waals surface area contributed by atoms with Crippen LogP contribution < -0.4 is 0 Å². The molecule has 2 saturated carbocycles. The van der Waals surface area contributed by atoms with E-state index in [0.29, 0.717) is 6.42 Å². The minimum Gasteiger partial charge on any atom is -0.459 e. The lowest BCUT2D eigenvalue weighted by Crippen LogP contribution is -2.86. The Hall–Kier alpha value is -1.22. The van der Waals surface area contributed by atoms with Gasteiger partial charge in [0.2, 0.25) is 0 Å². The average molecular weight is 473 g/mol. The van der Waals surface area contributed by atoms with Crippen molar-refractivity contribution in [3.05, 3.63) is 12.7 Å². The van der Waals surface area contributed by atoms with Crippen LogP contribution in [0.1, 0.15) is 60.8 Å². The van der Waals surface area contributed by atoms with E-state index in [9.17, 15) is 29.3 Å². The summed E-state index contributed by atoms with van der Waals surface area (Å²) in [6, 6.07) is 0. The summed E-state index contributed by atoms with van der Waals surface area (Å²) in [5, 5.41) is 23.8. The first kappa shape index (κ1) is 25.4. The second-order valence-electron chi connectivity index (χ2n) is 10.7. The minimum absolute atomic E-state index is 0.214. The third kappa shape index (κ3) is 3.24. The third-order valence-corrected chi connectivity index (χ3v) is 8.66. The minimum atomic E-state index is -3.06. The predicted octanol–water partition coefficient (Wildman–Crippen LogP) is 2.19. The molecule has 0 amide bonds. The van der Waals surface area contributed by atoms with E-state index in [2.05, 4.69) is 6.58 Å². The van der Waals surface area contributed by atoms with Crippen LogP contribution in [0, 0.1) is 16.7 Å². The lowest BCUT2D eigenvalue weighted by molar-refractivity contribution is -0.368. The van der Waals surface area contributed by atoms with Crippen molar-refractivity contribution in [3.63, 3.8) is 0 Å². The van der Waals surface area contributed by atoms with E-state index >= 15 is 0 Å². The van der Waals surface area contributed by atoms with Gasteiger partial charge in [-0.05, 0) is 32.1 Å². The van der Waals surface area contributed by atoms with Gasteiger partial charge in [-0.3, -0.25) is 9.59 Å². The molecule has 0 aromatic carbocycles. The summed E-state index contributed by atoms with van der Waals surface area (Å²) in [5.41, 5.74) is -7.58.